The first kappa shape index (κ1) is 16.7. The van der Waals surface area contributed by atoms with E-state index in [1.807, 2.05) is 32.0 Å². The Balaban J connectivity index is 1.69. The van der Waals surface area contributed by atoms with Crippen molar-refractivity contribution in [1.29, 1.82) is 0 Å². The van der Waals surface area contributed by atoms with Crippen LogP contribution in [0.2, 0.25) is 0 Å². The van der Waals surface area contributed by atoms with Crippen molar-refractivity contribution in [2.75, 3.05) is 13.2 Å². The molecule has 120 valence electrons. The van der Waals surface area contributed by atoms with Crippen LogP contribution in [-0.4, -0.2) is 35.3 Å². The fourth-order valence-electron chi connectivity index (χ4n) is 2.03. The fraction of sp³-hybridized carbons (Fsp3) is 0.500. The number of nitrogens with zero attached hydrogens (tertiary/aromatic N) is 1. The van der Waals surface area contributed by atoms with Crippen LogP contribution in [0.1, 0.15) is 25.3 Å². The van der Waals surface area contributed by atoms with Crippen molar-refractivity contribution in [3.05, 3.63) is 29.3 Å². The molecule has 0 spiro atoms. The average molecular weight is 321 g/mol. The Morgan fingerprint density at radius 3 is 2.86 bits per heavy atom. The molecule has 2 unspecified atom stereocenters. The molecule has 2 atom stereocenters. The number of thiazole rings is 1. The van der Waals surface area contributed by atoms with E-state index in [9.17, 15) is 4.79 Å². The molecule has 3 N–H and O–H groups in total. The van der Waals surface area contributed by atoms with Crippen molar-refractivity contribution in [1.82, 2.24) is 15.6 Å². The first-order valence-corrected chi connectivity index (χ1v) is 8.41. The van der Waals surface area contributed by atoms with E-state index in [4.69, 9.17) is 5.11 Å². The second-order valence-electron chi connectivity index (χ2n) is 5.53. The summed E-state index contributed by atoms with van der Waals surface area (Å²) in [7, 11) is 0. The van der Waals surface area contributed by atoms with Gasteiger partial charge in [0.1, 0.15) is 0 Å². The maximum atomic E-state index is 11.7. The summed E-state index contributed by atoms with van der Waals surface area (Å²) in [4.78, 5) is 16.3. The molecular weight excluding hydrogens is 298 g/mol. The van der Waals surface area contributed by atoms with Gasteiger partial charge in [-0.1, -0.05) is 19.1 Å². The Labute approximate surface area is 134 Å². The number of aromatic nitrogens is 1. The minimum atomic E-state index is -0.183. The standard InChI is InChI=1S/C16H23N3O2S/c1-11(10-20)12(2)18-16(21)17-9-5-8-15-19-13-6-3-4-7-14(13)22-15/h3-4,6-7,11-12,20H,5,8-10H2,1-2H3,(H2,17,18,21). The van der Waals surface area contributed by atoms with Crippen LogP contribution < -0.4 is 10.6 Å². The summed E-state index contributed by atoms with van der Waals surface area (Å²) in [6, 6.07) is 7.87. The molecule has 2 rings (SSSR count). The molecule has 0 bridgehead atoms. The molecule has 0 aliphatic heterocycles. The lowest BCUT2D eigenvalue weighted by atomic mass is 10.1. The van der Waals surface area contributed by atoms with Crippen LogP contribution >= 0.6 is 11.3 Å². The zero-order chi connectivity index (χ0) is 15.9. The zero-order valence-corrected chi connectivity index (χ0v) is 13.8. The number of aliphatic hydroxyl groups is 1. The maximum Gasteiger partial charge on any atom is 0.315 e. The van der Waals surface area contributed by atoms with Crippen LogP contribution in [0.3, 0.4) is 0 Å². The Hall–Kier alpha value is -1.66. The molecular formula is C16H23N3O2S. The summed E-state index contributed by atoms with van der Waals surface area (Å²) in [6.07, 6.45) is 1.72. The van der Waals surface area contributed by atoms with E-state index in [0.29, 0.717) is 6.54 Å². The minimum Gasteiger partial charge on any atom is -0.396 e. The number of fused-ring (bicyclic) bond motifs is 1. The normalized spacial score (nSPS) is 13.8. The molecule has 0 saturated heterocycles. The summed E-state index contributed by atoms with van der Waals surface area (Å²) in [5.74, 6) is 0.0495. The van der Waals surface area contributed by atoms with E-state index in [2.05, 4.69) is 21.7 Å². The molecule has 1 aromatic heterocycles. The van der Waals surface area contributed by atoms with E-state index >= 15 is 0 Å². The molecule has 0 aliphatic rings. The van der Waals surface area contributed by atoms with Crippen molar-refractivity contribution >= 4 is 27.6 Å². The second kappa shape index (κ2) is 8.10. The second-order valence-corrected chi connectivity index (χ2v) is 6.64. The van der Waals surface area contributed by atoms with E-state index in [0.717, 1.165) is 23.4 Å². The van der Waals surface area contributed by atoms with Crippen molar-refractivity contribution in [2.45, 2.75) is 32.7 Å². The molecule has 2 aromatic rings. The largest absolute Gasteiger partial charge is 0.396 e. The number of urea groups is 1. The number of para-hydroxylation sites is 1. The van der Waals surface area contributed by atoms with Crippen molar-refractivity contribution in [2.24, 2.45) is 5.92 Å². The molecule has 2 amide bonds. The molecule has 0 saturated carbocycles. The Bertz CT molecular complexity index is 581. The lowest BCUT2D eigenvalue weighted by Crippen LogP contribution is -2.44. The summed E-state index contributed by atoms with van der Waals surface area (Å²) in [5.41, 5.74) is 1.04. The van der Waals surface area contributed by atoms with Crippen LogP contribution in [-0.2, 0) is 6.42 Å². The predicted molar refractivity (Wildman–Crippen MR) is 90.2 cm³/mol. The molecule has 1 heterocycles. The number of aliphatic hydroxyl groups excluding tert-OH is 1. The smallest absolute Gasteiger partial charge is 0.315 e. The Morgan fingerprint density at radius 1 is 1.36 bits per heavy atom. The van der Waals surface area contributed by atoms with Crippen molar-refractivity contribution in [3.8, 4) is 0 Å². The SMILES string of the molecule is CC(CO)C(C)NC(=O)NCCCc1nc2ccccc2s1. The Kier molecular flexibility index (Phi) is 6.15. The van der Waals surface area contributed by atoms with Gasteiger partial charge >= 0.3 is 6.03 Å². The predicted octanol–water partition coefficient (Wildman–Crippen LogP) is 2.55. The third kappa shape index (κ3) is 4.68. The van der Waals surface area contributed by atoms with Gasteiger partial charge in [0.25, 0.3) is 0 Å². The van der Waals surface area contributed by atoms with Crippen LogP contribution in [0.15, 0.2) is 24.3 Å². The third-order valence-electron chi connectivity index (χ3n) is 3.69. The number of nitrogens with one attached hydrogen (secondary N) is 2. The van der Waals surface area contributed by atoms with E-state index in [-0.39, 0.29) is 24.6 Å². The summed E-state index contributed by atoms with van der Waals surface area (Å²) < 4.78 is 1.20. The molecule has 22 heavy (non-hydrogen) atoms. The number of benzene rings is 1. The number of hydrogen-bond donors (Lipinski definition) is 3. The number of rotatable bonds is 7. The fourth-order valence-corrected chi connectivity index (χ4v) is 3.04. The number of carbonyl (C=O) groups is 1. The van der Waals surface area contributed by atoms with Crippen molar-refractivity contribution < 1.29 is 9.90 Å². The topological polar surface area (TPSA) is 74.2 Å². The van der Waals surface area contributed by atoms with Crippen LogP contribution in [0.25, 0.3) is 10.2 Å². The van der Waals surface area contributed by atoms with Gasteiger partial charge in [0.05, 0.1) is 15.2 Å². The lowest BCUT2D eigenvalue weighted by Gasteiger charge is -2.19. The van der Waals surface area contributed by atoms with Gasteiger partial charge in [-0.25, -0.2) is 9.78 Å². The third-order valence-corrected chi connectivity index (χ3v) is 4.79. The van der Waals surface area contributed by atoms with Crippen molar-refractivity contribution in [3.63, 3.8) is 0 Å². The number of aryl methyl sites for hydroxylation is 1. The first-order valence-electron chi connectivity index (χ1n) is 7.60. The number of carbonyl (C=O) groups excluding carboxylic acids is 1. The van der Waals surface area contributed by atoms with Gasteiger partial charge in [0.15, 0.2) is 0 Å². The summed E-state index contributed by atoms with van der Waals surface area (Å²) in [6.45, 7) is 4.47. The van der Waals surface area contributed by atoms with E-state index in [1.165, 1.54) is 4.70 Å². The summed E-state index contributed by atoms with van der Waals surface area (Å²) in [5, 5.41) is 15.8. The monoisotopic (exact) mass is 321 g/mol. The average Bonchev–Trinajstić information content (AvgIpc) is 2.93. The quantitative estimate of drug-likeness (QED) is 0.686. The highest BCUT2D eigenvalue weighted by Crippen LogP contribution is 2.22. The maximum absolute atomic E-state index is 11.7. The highest BCUT2D eigenvalue weighted by atomic mass is 32.1. The van der Waals surface area contributed by atoms with Crippen LogP contribution in [0, 0.1) is 5.92 Å². The van der Waals surface area contributed by atoms with E-state index < -0.39 is 0 Å². The Morgan fingerprint density at radius 2 is 2.14 bits per heavy atom. The first-order chi connectivity index (χ1) is 10.6. The van der Waals surface area contributed by atoms with Gasteiger partial charge in [0, 0.05) is 25.6 Å². The zero-order valence-electron chi connectivity index (χ0n) is 13.0. The lowest BCUT2D eigenvalue weighted by molar-refractivity contribution is 0.200. The van der Waals surface area contributed by atoms with Crippen LogP contribution in [0.5, 0.6) is 0 Å². The van der Waals surface area contributed by atoms with Gasteiger partial charge in [0.2, 0.25) is 0 Å². The molecule has 6 heteroatoms. The molecule has 0 aliphatic carbocycles. The highest BCUT2D eigenvalue weighted by molar-refractivity contribution is 7.18. The van der Waals surface area contributed by atoms with Gasteiger partial charge in [-0.2, -0.15) is 0 Å². The molecule has 1 aromatic carbocycles. The number of hydrogen-bond acceptors (Lipinski definition) is 4. The number of amides is 2. The molecule has 5 nitrogen and oxygen atoms in total. The van der Waals surface area contributed by atoms with Gasteiger partial charge in [-0.3, -0.25) is 0 Å². The van der Waals surface area contributed by atoms with Gasteiger partial charge in [-0.15, -0.1) is 11.3 Å². The minimum absolute atomic E-state index is 0.0470. The molecule has 0 fully saturated rings. The van der Waals surface area contributed by atoms with Gasteiger partial charge in [-0.05, 0) is 31.4 Å². The molecule has 0 radical (unpaired) electrons. The van der Waals surface area contributed by atoms with Crippen LogP contribution in [0.4, 0.5) is 4.79 Å². The summed E-state index contributed by atoms with van der Waals surface area (Å²) >= 11 is 1.71. The van der Waals surface area contributed by atoms with Gasteiger partial charge < -0.3 is 15.7 Å². The van der Waals surface area contributed by atoms with E-state index in [1.54, 1.807) is 11.3 Å². The highest BCUT2D eigenvalue weighted by Gasteiger charge is 2.13.